The average Bonchev–Trinajstić information content (AvgIpc) is 2.82. The standard InChI is InChI=1S/C16H18BrClO/c17-14-4-10-1-2-19-15(10)13(5-14)8-16(9-18)6-11-3-12(11)7-16/h4-5,11-12H,1-3,6-9H2. The molecule has 0 spiro atoms. The molecule has 19 heavy (non-hydrogen) atoms. The second-order valence-corrected chi connectivity index (χ2v) is 7.81. The van der Waals surface area contributed by atoms with Gasteiger partial charge in [0.1, 0.15) is 5.75 Å². The second kappa shape index (κ2) is 4.39. The van der Waals surface area contributed by atoms with Gasteiger partial charge in [0.15, 0.2) is 0 Å². The van der Waals surface area contributed by atoms with E-state index in [1.165, 1.54) is 34.9 Å². The average molecular weight is 342 g/mol. The summed E-state index contributed by atoms with van der Waals surface area (Å²) in [6.45, 7) is 0.831. The first-order valence-electron chi connectivity index (χ1n) is 7.19. The molecule has 3 aliphatic rings. The molecule has 2 saturated carbocycles. The maximum Gasteiger partial charge on any atom is 0.125 e. The fraction of sp³-hybridized carbons (Fsp3) is 0.625. The lowest BCUT2D eigenvalue weighted by Gasteiger charge is -2.29. The zero-order valence-electron chi connectivity index (χ0n) is 10.9. The lowest BCUT2D eigenvalue weighted by Crippen LogP contribution is -2.24. The van der Waals surface area contributed by atoms with Gasteiger partial charge >= 0.3 is 0 Å². The molecule has 102 valence electrons. The van der Waals surface area contributed by atoms with Crippen molar-refractivity contribution in [2.45, 2.75) is 32.1 Å². The smallest absolute Gasteiger partial charge is 0.125 e. The van der Waals surface area contributed by atoms with Gasteiger partial charge in [0, 0.05) is 16.8 Å². The van der Waals surface area contributed by atoms with Gasteiger partial charge in [-0.2, -0.15) is 0 Å². The van der Waals surface area contributed by atoms with Crippen molar-refractivity contribution in [3.8, 4) is 5.75 Å². The van der Waals surface area contributed by atoms with E-state index in [2.05, 4.69) is 28.1 Å². The largest absolute Gasteiger partial charge is 0.493 e. The third kappa shape index (κ3) is 2.12. The molecule has 3 heteroatoms. The fourth-order valence-corrected chi connectivity index (χ4v) is 5.05. The molecule has 1 aromatic carbocycles. The summed E-state index contributed by atoms with van der Waals surface area (Å²) in [4.78, 5) is 0. The Morgan fingerprint density at radius 1 is 1.32 bits per heavy atom. The van der Waals surface area contributed by atoms with Gasteiger partial charge in [0.2, 0.25) is 0 Å². The molecule has 1 heterocycles. The van der Waals surface area contributed by atoms with Gasteiger partial charge in [-0.25, -0.2) is 0 Å². The lowest BCUT2D eigenvalue weighted by atomic mass is 9.79. The van der Waals surface area contributed by atoms with Gasteiger partial charge in [-0.15, -0.1) is 11.6 Å². The zero-order valence-corrected chi connectivity index (χ0v) is 13.3. The zero-order chi connectivity index (χ0) is 13.0. The van der Waals surface area contributed by atoms with Gasteiger partial charge in [-0.05, 0) is 66.2 Å². The van der Waals surface area contributed by atoms with E-state index in [9.17, 15) is 0 Å². The SMILES string of the molecule is ClCC1(Cc2cc(Br)cc3c2OCC3)CC2CC2C1. The molecule has 0 amide bonds. The van der Waals surface area contributed by atoms with E-state index in [1.54, 1.807) is 0 Å². The van der Waals surface area contributed by atoms with E-state index in [-0.39, 0.29) is 0 Å². The summed E-state index contributed by atoms with van der Waals surface area (Å²) in [6.07, 6.45) is 6.23. The van der Waals surface area contributed by atoms with Crippen LogP contribution in [0.2, 0.25) is 0 Å². The monoisotopic (exact) mass is 340 g/mol. The van der Waals surface area contributed by atoms with E-state index in [0.717, 1.165) is 42.9 Å². The highest BCUT2D eigenvalue weighted by Crippen LogP contribution is 2.61. The van der Waals surface area contributed by atoms with Crippen LogP contribution in [-0.4, -0.2) is 12.5 Å². The minimum Gasteiger partial charge on any atom is -0.493 e. The predicted molar refractivity (Wildman–Crippen MR) is 81.0 cm³/mol. The minimum atomic E-state index is 0.329. The van der Waals surface area contributed by atoms with Crippen LogP contribution in [0.1, 0.15) is 30.4 Å². The van der Waals surface area contributed by atoms with Crippen LogP contribution in [-0.2, 0) is 12.8 Å². The number of hydrogen-bond donors (Lipinski definition) is 0. The van der Waals surface area contributed by atoms with Crippen molar-refractivity contribution in [1.29, 1.82) is 0 Å². The normalized spacial score (nSPS) is 34.8. The van der Waals surface area contributed by atoms with Crippen LogP contribution >= 0.6 is 27.5 Å². The van der Waals surface area contributed by atoms with Crippen LogP contribution < -0.4 is 4.74 Å². The maximum atomic E-state index is 6.34. The number of ether oxygens (including phenoxy) is 1. The minimum absolute atomic E-state index is 0.329. The predicted octanol–water partition coefficient (Wildman–Crippen LogP) is 4.58. The summed E-state index contributed by atoms with van der Waals surface area (Å²) < 4.78 is 7.04. The molecule has 0 saturated heterocycles. The topological polar surface area (TPSA) is 9.23 Å². The Morgan fingerprint density at radius 3 is 2.84 bits per heavy atom. The Kier molecular flexibility index (Phi) is 2.90. The number of alkyl halides is 1. The molecule has 0 N–H and O–H groups in total. The van der Waals surface area contributed by atoms with E-state index in [1.807, 2.05) is 0 Å². The first-order valence-corrected chi connectivity index (χ1v) is 8.52. The van der Waals surface area contributed by atoms with Gasteiger partial charge in [0.25, 0.3) is 0 Å². The summed E-state index contributed by atoms with van der Waals surface area (Å²) in [5.41, 5.74) is 3.05. The Balaban J connectivity index is 1.66. The quantitative estimate of drug-likeness (QED) is 0.731. The molecule has 0 bridgehead atoms. The summed E-state index contributed by atoms with van der Waals surface area (Å²) in [7, 11) is 0. The molecule has 0 aromatic heterocycles. The van der Waals surface area contributed by atoms with Crippen molar-refractivity contribution in [2.24, 2.45) is 17.3 Å². The molecular weight excluding hydrogens is 324 g/mol. The number of halogens is 2. The van der Waals surface area contributed by atoms with Crippen molar-refractivity contribution < 1.29 is 4.74 Å². The number of fused-ring (bicyclic) bond motifs is 2. The highest BCUT2D eigenvalue weighted by atomic mass is 79.9. The molecule has 1 aromatic rings. The first-order chi connectivity index (χ1) is 9.19. The van der Waals surface area contributed by atoms with Gasteiger partial charge < -0.3 is 4.74 Å². The van der Waals surface area contributed by atoms with Crippen LogP contribution in [0, 0.1) is 17.3 Å². The molecule has 4 rings (SSSR count). The summed E-state index contributed by atoms with van der Waals surface area (Å²) in [5, 5.41) is 0. The van der Waals surface area contributed by atoms with Crippen LogP contribution in [0.25, 0.3) is 0 Å². The Bertz CT molecular complexity index is 518. The highest BCUT2D eigenvalue weighted by molar-refractivity contribution is 9.10. The number of benzene rings is 1. The fourth-order valence-electron chi connectivity index (χ4n) is 4.19. The first kappa shape index (κ1) is 12.5. The summed E-state index contributed by atoms with van der Waals surface area (Å²) >= 11 is 9.98. The van der Waals surface area contributed by atoms with E-state index < -0.39 is 0 Å². The van der Waals surface area contributed by atoms with Crippen LogP contribution in [0.4, 0.5) is 0 Å². The van der Waals surface area contributed by atoms with E-state index in [0.29, 0.717) is 5.41 Å². The Labute approximate surface area is 127 Å². The highest BCUT2D eigenvalue weighted by Gasteiger charge is 2.53. The molecular formula is C16H18BrClO. The summed E-state index contributed by atoms with van der Waals surface area (Å²) in [5.74, 6) is 3.88. The van der Waals surface area contributed by atoms with Crippen LogP contribution in [0.3, 0.4) is 0 Å². The molecule has 1 nitrogen and oxygen atoms in total. The molecule has 2 aliphatic carbocycles. The molecule has 2 unspecified atom stereocenters. The maximum absolute atomic E-state index is 6.34. The molecule has 2 atom stereocenters. The van der Waals surface area contributed by atoms with Crippen molar-refractivity contribution >= 4 is 27.5 Å². The number of rotatable bonds is 3. The molecule has 2 fully saturated rings. The van der Waals surface area contributed by atoms with Gasteiger partial charge in [-0.3, -0.25) is 0 Å². The van der Waals surface area contributed by atoms with Gasteiger partial charge in [-0.1, -0.05) is 15.9 Å². The molecule has 1 aliphatic heterocycles. The van der Waals surface area contributed by atoms with E-state index >= 15 is 0 Å². The van der Waals surface area contributed by atoms with Crippen molar-refractivity contribution in [3.05, 3.63) is 27.7 Å². The number of hydrogen-bond acceptors (Lipinski definition) is 1. The van der Waals surface area contributed by atoms with Crippen molar-refractivity contribution in [3.63, 3.8) is 0 Å². The van der Waals surface area contributed by atoms with E-state index in [4.69, 9.17) is 16.3 Å². The third-order valence-corrected chi connectivity index (χ3v) is 6.16. The Morgan fingerprint density at radius 2 is 2.11 bits per heavy atom. The second-order valence-electron chi connectivity index (χ2n) is 6.63. The Hall–Kier alpha value is -0.210. The van der Waals surface area contributed by atoms with Crippen molar-refractivity contribution in [1.82, 2.24) is 0 Å². The van der Waals surface area contributed by atoms with Gasteiger partial charge in [0.05, 0.1) is 6.61 Å². The van der Waals surface area contributed by atoms with Crippen LogP contribution in [0.15, 0.2) is 16.6 Å². The third-order valence-electron chi connectivity index (χ3n) is 5.13. The summed E-state index contributed by atoms with van der Waals surface area (Å²) in [6, 6.07) is 4.44. The van der Waals surface area contributed by atoms with Crippen LogP contribution in [0.5, 0.6) is 5.75 Å². The lowest BCUT2D eigenvalue weighted by molar-refractivity contribution is 0.293. The van der Waals surface area contributed by atoms with Crippen molar-refractivity contribution in [2.75, 3.05) is 12.5 Å². The molecule has 0 radical (unpaired) electrons.